The van der Waals surface area contributed by atoms with E-state index < -0.39 is 52.3 Å². The largest absolute Gasteiger partial charge is 0.390 e. The average molecular weight is 675 g/mol. The summed E-state index contributed by atoms with van der Waals surface area (Å²) < 4.78 is 54.3. The van der Waals surface area contributed by atoms with Crippen LogP contribution in [-0.2, 0) is 19.6 Å². The first-order chi connectivity index (χ1) is 21.7. The molecule has 0 bridgehead atoms. The Labute approximate surface area is 277 Å². The van der Waals surface area contributed by atoms with Crippen LogP contribution in [0.3, 0.4) is 0 Å². The second kappa shape index (κ2) is 19.9. The van der Waals surface area contributed by atoms with E-state index in [0.717, 1.165) is 19.3 Å². The molecule has 7 atom stereocenters. The zero-order valence-corrected chi connectivity index (χ0v) is 29.5. The molecule has 9 nitrogen and oxygen atoms in total. The van der Waals surface area contributed by atoms with E-state index in [1.165, 1.54) is 5.01 Å². The van der Waals surface area contributed by atoms with Gasteiger partial charge in [-0.05, 0) is 69.6 Å². The molecule has 0 spiro atoms. The Bertz CT molecular complexity index is 1070. The molecule has 0 radical (unpaired) electrons. The van der Waals surface area contributed by atoms with Crippen molar-refractivity contribution in [2.75, 3.05) is 31.9 Å². The van der Waals surface area contributed by atoms with Gasteiger partial charge in [-0.2, -0.15) is 0 Å². The Balaban J connectivity index is 2.29. The number of halogens is 2. The van der Waals surface area contributed by atoms with Gasteiger partial charge >= 0.3 is 0 Å². The third-order valence-electron chi connectivity index (χ3n) is 9.04. The SMILES string of the molecule is C#CC1CC(C(=O)NC(CC2CC(F)CC(F)C2)C(O)CN(CCCC)NS(=O)(=O)CC(C)C)CC(C(=O)N(CCC)CCC)C1. The molecule has 7 unspecified atom stereocenters. The van der Waals surface area contributed by atoms with Gasteiger partial charge in [0.15, 0.2) is 0 Å². The van der Waals surface area contributed by atoms with Crippen LogP contribution in [0, 0.1) is 41.9 Å². The van der Waals surface area contributed by atoms with Crippen LogP contribution in [0.15, 0.2) is 0 Å². The van der Waals surface area contributed by atoms with Crippen molar-refractivity contribution in [2.45, 2.75) is 130 Å². The molecule has 2 aliphatic rings. The lowest BCUT2D eigenvalue weighted by molar-refractivity contribution is -0.139. The summed E-state index contributed by atoms with van der Waals surface area (Å²) >= 11 is 0. The molecular formula is C34H60F2N4O5S. The van der Waals surface area contributed by atoms with Crippen molar-refractivity contribution in [3.63, 3.8) is 0 Å². The van der Waals surface area contributed by atoms with Gasteiger partial charge in [-0.15, -0.1) is 17.2 Å². The third-order valence-corrected chi connectivity index (χ3v) is 10.7. The number of aliphatic hydroxyl groups excluding tert-OH is 1. The van der Waals surface area contributed by atoms with E-state index in [2.05, 4.69) is 16.1 Å². The molecule has 2 saturated carbocycles. The van der Waals surface area contributed by atoms with Crippen LogP contribution in [0.2, 0.25) is 0 Å². The summed E-state index contributed by atoms with van der Waals surface area (Å²) in [6.07, 6.45) is 6.57. The highest BCUT2D eigenvalue weighted by Crippen LogP contribution is 2.36. The number of unbranched alkanes of at least 4 members (excludes halogenated alkanes) is 1. The highest BCUT2D eigenvalue weighted by Gasteiger charge is 2.39. The molecule has 46 heavy (non-hydrogen) atoms. The number of hydrogen-bond donors (Lipinski definition) is 3. The second-order valence-corrected chi connectivity index (χ2v) is 15.8. The van der Waals surface area contributed by atoms with E-state index in [1.54, 1.807) is 13.8 Å². The Kier molecular flexibility index (Phi) is 17.4. The van der Waals surface area contributed by atoms with E-state index in [4.69, 9.17) is 6.42 Å². The van der Waals surface area contributed by atoms with Crippen molar-refractivity contribution < 1.29 is 31.9 Å². The number of hydrogen-bond acceptors (Lipinski definition) is 6. The minimum absolute atomic E-state index is 0.00321. The van der Waals surface area contributed by atoms with Crippen LogP contribution in [-0.4, -0.2) is 91.7 Å². The minimum atomic E-state index is -3.68. The fourth-order valence-electron chi connectivity index (χ4n) is 7.00. The first-order valence-corrected chi connectivity index (χ1v) is 19.1. The number of carbonyl (C=O) groups excluding carboxylic acids is 2. The highest BCUT2D eigenvalue weighted by molar-refractivity contribution is 7.89. The van der Waals surface area contributed by atoms with E-state index in [1.807, 2.05) is 25.7 Å². The lowest BCUT2D eigenvalue weighted by Crippen LogP contribution is -2.55. The molecule has 0 aliphatic heterocycles. The quantitative estimate of drug-likeness (QED) is 0.136. The first kappa shape index (κ1) is 40.4. The molecule has 2 fully saturated rings. The van der Waals surface area contributed by atoms with Gasteiger partial charge < -0.3 is 15.3 Å². The maximum atomic E-state index is 14.4. The zero-order chi connectivity index (χ0) is 34.4. The molecule has 3 N–H and O–H groups in total. The van der Waals surface area contributed by atoms with E-state index in [-0.39, 0.29) is 61.6 Å². The van der Waals surface area contributed by atoms with Crippen molar-refractivity contribution in [1.29, 1.82) is 0 Å². The molecule has 0 aromatic heterocycles. The van der Waals surface area contributed by atoms with Crippen LogP contribution in [0.4, 0.5) is 8.78 Å². The van der Waals surface area contributed by atoms with Crippen LogP contribution in [0.25, 0.3) is 0 Å². The van der Waals surface area contributed by atoms with Crippen molar-refractivity contribution in [1.82, 2.24) is 20.1 Å². The topological polar surface area (TPSA) is 119 Å². The van der Waals surface area contributed by atoms with Gasteiger partial charge in [0.2, 0.25) is 21.8 Å². The summed E-state index contributed by atoms with van der Waals surface area (Å²) in [4.78, 5) is 31.8. The van der Waals surface area contributed by atoms with Crippen molar-refractivity contribution in [3.8, 4) is 12.3 Å². The van der Waals surface area contributed by atoms with Gasteiger partial charge in [0.1, 0.15) is 12.3 Å². The number of carbonyl (C=O) groups is 2. The molecule has 266 valence electrons. The monoisotopic (exact) mass is 674 g/mol. The number of nitrogens with zero attached hydrogens (tertiary/aromatic N) is 2. The Hall–Kier alpha value is -1.81. The number of nitrogens with one attached hydrogen (secondary N) is 2. The summed E-state index contributed by atoms with van der Waals surface area (Å²) in [7, 11) is -3.68. The summed E-state index contributed by atoms with van der Waals surface area (Å²) in [5, 5.41) is 16.0. The van der Waals surface area contributed by atoms with Gasteiger partial charge in [0.25, 0.3) is 0 Å². The maximum Gasteiger partial charge on any atom is 0.225 e. The minimum Gasteiger partial charge on any atom is -0.390 e. The van der Waals surface area contributed by atoms with Gasteiger partial charge in [-0.1, -0.05) is 41.0 Å². The third kappa shape index (κ3) is 13.7. The fourth-order valence-corrected chi connectivity index (χ4v) is 8.52. The average Bonchev–Trinajstić information content (AvgIpc) is 2.97. The van der Waals surface area contributed by atoms with Crippen LogP contribution in [0.5, 0.6) is 0 Å². The molecule has 2 aliphatic carbocycles. The molecule has 0 saturated heterocycles. The van der Waals surface area contributed by atoms with Crippen LogP contribution < -0.4 is 10.1 Å². The summed E-state index contributed by atoms with van der Waals surface area (Å²) in [5.74, 6) is 0.571. The van der Waals surface area contributed by atoms with Crippen molar-refractivity contribution in [3.05, 3.63) is 0 Å². The molecule has 2 amide bonds. The van der Waals surface area contributed by atoms with E-state index in [0.29, 0.717) is 45.3 Å². The standard InChI is InChI=1S/C34H60F2N4O5S/c1-7-11-14-40(38-46(44,45)23-24(5)6)22-32(41)31(19-26-17-29(35)21-30(36)18-26)37-33(42)27-15-25(10-4)16-28(20-27)34(43)39(12-8-2)13-9-3/h4,24-32,38,41H,7-9,11-23H2,1-3,5-6H3,(H,37,42). The second-order valence-electron chi connectivity index (χ2n) is 14.0. The Morgan fingerprint density at radius 1 is 0.935 bits per heavy atom. The summed E-state index contributed by atoms with van der Waals surface area (Å²) in [6, 6.07) is -0.884. The van der Waals surface area contributed by atoms with Crippen LogP contribution in [0.1, 0.15) is 105 Å². The van der Waals surface area contributed by atoms with Crippen molar-refractivity contribution in [2.24, 2.45) is 29.6 Å². The highest BCUT2D eigenvalue weighted by atomic mass is 32.2. The zero-order valence-electron chi connectivity index (χ0n) is 28.7. The molecule has 2 rings (SSSR count). The number of alkyl halides is 2. The summed E-state index contributed by atoms with van der Waals surface area (Å²) in [6.45, 7) is 11.1. The Morgan fingerprint density at radius 3 is 2.09 bits per heavy atom. The first-order valence-electron chi connectivity index (χ1n) is 17.5. The summed E-state index contributed by atoms with van der Waals surface area (Å²) in [5.41, 5.74) is 0. The molecule has 0 heterocycles. The maximum absolute atomic E-state index is 14.4. The van der Waals surface area contributed by atoms with Gasteiger partial charge in [0.05, 0.1) is 17.9 Å². The molecule has 0 aromatic rings. The normalized spacial score (nSPS) is 26.8. The lowest BCUT2D eigenvalue weighted by atomic mass is 9.74. The fraction of sp³-hybridized carbons (Fsp3) is 0.882. The van der Waals surface area contributed by atoms with Crippen LogP contribution >= 0.6 is 0 Å². The number of rotatable bonds is 19. The number of hydrazine groups is 1. The molecule has 0 aromatic carbocycles. The number of amides is 2. The van der Waals surface area contributed by atoms with E-state index >= 15 is 0 Å². The van der Waals surface area contributed by atoms with Crippen molar-refractivity contribution >= 4 is 21.8 Å². The Morgan fingerprint density at radius 2 is 1.54 bits per heavy atom. The predicted octanol–water partition coefficient (Wildman–Crippen LogP) is 4.61. The smallest absolute Gasteiger partial charge is 0.225 e. The van der Waals surface area contributed by atoms with Gasteiger partial charge in [-0.3, -0.25) is 9.59 Å². The number of aliphatic hydroxyl groups is 1. The number of terminal acetylenes is 1. The van der Waals surface area contributed by atoms with Gasteiger partial charge in [0, 0.05) is 50.4 Å². The van der Waals surface area contributed by atoms with E-state index in [9.17, 15) is 31.9 Å². The lowest BCUT2D eigenvalue weighted by Gasteiger charge is -2.37. The molecular weight excluding hydrogens is 614 g/mol. The number of sulfonamides is 1. The molecule has 12 heteroatoms. The van der Waals surface area contributed by atoms with Gasteiger partial charge in [-0.25, -0.2) is 22.2 Å². The predicted molar refractivity (Wildman–Crippen MR) is 178 cm³/mol.